The van der Waals surface area contributed by atoms with E-state index in [1.807, 2.05) is 4.90 Å². The molecule has 0 aliphatic carbocycles. The summed E-state index contributed by atoms with van der Waals surface area (Å²) in [5, 5.41) is 0. The first-order chi connectivity index (χ1) is 9.65. The third-order valence-electron chi connectivity index (χ3n) is 3.46. The molecule has 0 unspecified atom stereocenters. The van der Waals surface area contributed by atoms with Crippen LogP contribution in [0.5, 0.6) is 0 Å². The van der Waals surface area contributed by atoms with Crippen molar-refractivity contribution in [2.45, 2.75) is 12.5 Å². The smallest absolute Gasteiger partial charge is 0.255 e. The van der Waals surface area contributed by atoms with Crippen LogP contribution in [0.25, 0.3) is 11.4 Å². The van der Waals surface area contributed by atoms with Gasteiger partial charge in [0.1, 0.15) is 6.33 Å². The van der Waals surface area contributed by atoms with Crippen molar-refractivity contribution in [3.8, 4) is 11.4 Å². The van der Waals surface area contributed by atoms with Crippen LogP contribution in [0.2, 0.25) is 0 Å². The molecule has 2 N–H and O–H groups in total. The molecule has 7 heteroatoms. The van der Waals surface area contributed by atoms with Crippen LogP contribution in [0.3, 0.4) is 0 Å². The standard InChI is InChI=1S/C13H16N6O/c1-18-12(20)6-11(10-2-4-15-8-16-10)17-13(18)19-5-3-9(14)7-19/h2,4,6,8-9H,3,5,7,14H2,1H3/t9-/m1/s1. The van der Waals surface area contributed by atoms with Crippen LogP contribution in [0, 0.1) is 0 Å². The van der Waals surface area contributed by atoms with Gasteiger partial charge in [-0.2, -0.15) is 0 Å². The molecule has 0 saturated carbocycles. The van der Waals surface area contributed by atoms with Crippen LogP contribution < -0.4 is 16.2 Å². The number of nitrogens with two attached hydrogens (primary N) is 1. The Hall–Kier alpha value is -2.28. The molecular formula is C13H16N6O. The minimum absolute atomic E-state index is 0.107. The van der Waals surface area contributed by atoms with E-state index in [1.54, 1.807) is 23.9 Å². The summed E-state index contributed by atoms with van der Waals surface area (Å²) in [6.45, 7) is 1.53. The summed E-state index contributed by atoms with van der Waals surface area (Å²) in [6, 6.07) is 3.36. The predicted octanol–water partition coefficient (Wildman–Crippen LogP) is -0.225. The SMILES string of the molecule is Cn1c(N2CC[C@@H](N)C2)nc(-c2ccncn2)cc1=O. The summed E-state index contributed by atoms with van der Waals surface area (Å²) in [5.74, 6) is 0.638. The van der Waals surface area contributed by atoms with E-state index in [0.717, 1.165) is 13.0 Å². The highest BCUT2D eigenvalue weighted by molar-refractivity contribution is 5.55. The zero-order chi connectivity index (χ0) is 14.1. The first-order valence-electron chi connectivity index (χ1n) is 6.50. The van der Waals surface area contributed by atoms with Crippen LogP contribution in [0.15, 0.2) is 29.5 Å². The van der Waals surface area contributed by atoms with Crippen molar-refractivity contribution in [3.05, 3.63) is 35.0 Å². The molecule has 0 bridgehead atoms. The first kappa shape index (κ1) is 12.7. The molecule has 1 aliphatic heterocycles. The van der Waals surface area contributed by atoms with Gasteiger partial charge in [-0.1, -0.05) is 0 Å². The van der Waals surface area contributed by atoms with E-state index in [9.17, 15) is 4.79 Å². The first-order valence-corrected chi connectivity index (χ1v) is 6.50. The van der Waals surface area contributed by atoms with E-state index in [0.29, 0.717) is 23.9 Å². The van der Waals surface area contributed by atoms with Gasteiger partial charge in [0, 0.05) is 38.4 Å². The van der Waals surface area contributed by atoms with Crippen LogP contribution in [-0.2, 0) is 7.05 Å². The molecule has 20 heavy (non-hydrogen) atoms. The number of nitrogens with zero attached hydrogens (tertiary/aromatic N) is 5. The molecule has 1 fully saturated rings. The van der Waals surface area contributed by atoms with Gasteiger partial charge in [-0.25, -0.2) is 15.0 Å². The third kappa shape index (κ3) is 2.27. The second kappa shape index (κ2) is 5.01. The number of aromatic nitrogens is 4. The van der Waals surface area contributed by atoms with Crippen molar-refractivity contribution in [3.63, 3.8) is 0 Å². The van der Waals surface area contributed by atoms with Gasteiger partial charge >= 0.3 is 0 Å². The highest BCUT2D eigenvalue weighted by atomic mass is 16.1. The molecule has 0 amide bonds. The van der Waals surface area contributed by atoms with Gasteiger partial charge in [-0.3, -0.25) is 9.36 Å². The molecule has 0 spiro atoms. The fourth-order valence-electron chi connectivity index (χ4n) is 2.35. The van der Waals surface area contributed by atoms with Crippen LogP contribution >= 0.6 is 0 Å². The maximum Gasteiger partial charge on any atom is 0.255 e. The van der Waals surface area contributed by atoms with Gasteiger partial charge in [-0.05, 0) is 12.5 Å². The Balaban J connectivity index is 2.06. The van der Waals surface area contributed by atoms with Crippen LogP contribution in [0.4, 0.5) is 5.95 Å². The van der Waals surface area contributed by atoms with Crippen molar-refractivity contribution in [1.29, 1.82) is 0 Å². The minimum Gasteiger partial charge on any atom is -0.341 e. The van der Waals surface area contributed by atoms with Gasteiger partial charge in [0.05, 0.1) is 11.4 Å². The maximum atomic E-state index is 12.1. The van der Waals surface area contributed by atoms with Gasteiger partial charge in [-0.15, -0.1) is 0 Å². The van der Waals surface area contributed by atoms with Gasteiger partial charge < -0.3 is 10.6 Å². The van der Waals surface area contributed by atoms with Gasteiger partial charge in [0.15, 0.2) is 0 Å². The van der Waals surface area contributed by atoms with Crippen LogP contribution in [0.1, 0.15) is 6.42 Å². The minimum atomic E-state index is -0.107. The Morgan fingerprint density at radius 1 is 1.40 bits per heavy atom. The van der Waals surface area contributed by atoms with E-state index in [4.69, 9.17) is 5.73 Å². The average molecular weight is 272 g/mol. The molecule has 3 heterocycles. The normalized spacial score (nSPS) is 18.5. The molecule has 104 valence electrons. The Kier molecular flexibility index (Phi) is 3.19. The Bertz CT molecular complexity index is 668. The van der Waals surface area contributed by atoms with E-state index in [1.165, 1.54) is 12.4 Å². The highest BCUT2D eigenvalue weighted by Gasteiger charge is 2.23. The zero-order valence-corrected chi connectivity index (χ0v) is 11.2. The lowest BCUT2D eigenvalue weighted by molar-refractivity contribution is 0.736. The Morgan fingerprint density at radius 2 is 2.25 bits per heavy atom. The van der Waals surface area contributed by atoms with Crippen molar-refractivity contribution in [1.82, 2.24) is 19.5 Å². The highest BCUT2D eigenvalue weighted by Crippen LogP contribution is 2.19. The van der Waals surface area contributed by atoms with E-state index in [-0.39, 0.29) is 11.6 Å². The molecule has 1 saturated heterocycles. The molecule has 3 rings (SSSR count). The predicted molar refractivity (Wildman–Crippen MR) is 75.3 cm³/mol. The summed E-state index contributed by atoms with van der Waals surface area (Å²) in [4.78, 5) is 26.7. The topological polar surface area (TPSA) is 89.9 Å². The largest absolute Gasteiger partial charge is 0.341 e. The lowest BCUT2D eigenvalue weighted by Gasteiger charge is -2.20. The fourth-order valence-corrected chi connectivity index (χ4v) is 2.35. The number of anilines is 1. The number of hydrogen-bond acceptors (Lipinski definition) is 6. The second-order valence-electron chi connectivity index (χ2n) is 4.93. The summed E-state index contributed by atoms with van der Waals surface area (Å²) >= 11 is 0. The molecule has 2 aromatic heterocycles. The molecule has 1 atom stereocenters. The molecule has 7 nitrogen and oxygen atoms in total. The lowest BCUT2D eigenvalue weighted by Crippen LogP contribution is -2.32. The summed E-state index contributed by atoms with van der Waals surface area (Å²) in [5.41, 5.74) is 7.02. The average Bonchev–Trinajstić information content (AvgIpc) is 2.89. The summed E-state index contributed by atoms with van der Waals surface area (Å²) < 4.78 is 1.54. The van der Waals surface area contributed by atoms with Crippen molar-refractivity contribution < 1.29 is 0 Å². The van der Waals surface area contributed by atoms with E-state index < -0.39 is 0 Å². The van der Waals surface area contributed by atoms with Gasteiger partial charge in [0.2, 0.25) is 5.95 Å². The molecular weight excluding hydrogens is 256 g/mol. The monoisotopic (exact) mass is 272 g/mol. The zero-order valence-electron chi connectivity index (χ0n) is 11.2. The van der Waals surface area contributed by atoms with E-state index in [2.05, 4.69) is 15.0 Å². The fraction of sp³-hybridized carbons (Fsp3) is 0.385. The second-order valence-corrected chi connectivity index (χ2v) is 4.93. The van der Waals surface area contributed by atoms with Crippen LogP contribution in [-0.4, -0.2) is 38.7 Å². The third-order valence-corrected chi connectivity index (χ3v) is 3.46. The van der Waals surface area contributed by atoms with Crippen molar-refractivity contribution in [2.24, 2.45) is 12.8 Å². The molecule has 2 aromatic rings. The van der Waals surface area contributed by atoms with E-state index >= 15 is 0 Å². The summed E-state index contributed by atoms with van der Waals surface area (Å²) in [6.07, 6.45) is 3.99. The van der Waals surface area contributed by atoms with Gasteiger partial charge in [0.25, 0.3) is 5.56 Å². The number of hydrogen-bond donors (Lipinski definition) is 1. The maximum absolute atomic E-state index is 12.1. The van der Waals surface area contributed by atoms with Crippen molar-refractivity contribution in [2.75, 3.05) is 18.0 Å². The lowest BCUT2D eigenvalue weighted by atomic mass is 10.3. The number of rotatable bonds is 2. The molecule has 0 radical (unpaired) electrons. The molecule has 1 aliphatic rings. The Labute approximate surface area is 116 Å². The van der Waals surface area contributed by atoms with Crippen molar-refractivity contribution >= 4 is 5.95 Å². The molecule has 0 aromatic carbocycles. The summed E-state index contributed by atoms with van der Waals surface area (Å²) in [7, 11) is 1.72. The Morgan fingerprint density at radius 3 is 2.90 bits per heavy atom. The quantitative estimate of drug-likeness (QED) is 0.812.